The van der Waals surface area contributed by atoms with E-state index < -0.39 is 5.82 Å². The highest BCUT2D eigenvalue weighted by atomic mass is 19.1. The first-order valence-corrected chi connectivity index (χ1v) is 5.83. The zero-order valence-electron chi connectivity index (χ0n) is 10.5. The third-order valence-corrected chi connectivity index (χ3v) is 2.72. The van der Waals surface area contributed by atoms with Crippen LogP contribution in [0.5, 0.6) is 0 Å². The van der Waals surface area contributed by atoms with Gasteiger partial charge in [-0.2, -0.15) is 0 Å². The molecule has 0 unspecified atom stereocenters. The summed E-state index contributed by atoms with van der Waals surface area (Å²) in [5.74, 6) is 0.519. The maximum absolute atomic E-state index is 13.9. The first-order chi connectivity index (χ1) is 9.19. The van der Waals surface area contributed by atoms with Crippen molar-refractivity contribution in [1.82, 2.24) is 0 Å². The van der Waals surface area contributed by atoms with E-state index in [1.807, 2.05) is 19.1 Å². The smallest absolute Gasteiger partial charge is 0.150 e. The van der Waals surface area contributed by atoms with Gasteiger partial charge in [-0.15, -0.1) is 0 Å². The van der Waals surface area contributed by atoms with E-state index in [1.165, 1.54) is 12.1 Å². The number of allylic oxidation sites excluding steroid dienone is 1. The van der Waals surface area contributed by atoms with Crippen molar-refractivity contribution in [2.75, 3.05) is 0 Å². The van der Waals surface area contributed by atoms with Crippen molar-refractivity contribution in [2.24, 2.45) is 0 Å². The topological polar surface area (TPSA) is 30.2 Å². The van der Waals surface area contributed by atoms with Crippen molar-refractivity contribution in [3.8, 4) is 11.3 Å². The molecule has 0 amide bonds. The number of halogens is 1. The van der Waals surface area contributed by atoms with Crippen LogP contribution < -0.4 is 0 Å². The molecule has 3 heteroatoms. The molecule has 0 N–H and O–H groups in total. The van der Waals surface area contributed by atoms with Gasteiger partial charge in [-0.1, -0.05) is 24.8 Å². The molecule has 0 bridgehead atoms. The number of carbonyl (C=O) groups is 1. The summed E-state index contributed by atoms with van der Waals surface area (Å²) < 4.78 is 19.5. The summed E-state index contributed by atoms with van der Waals surface area (Å²) in [6.07, 6.45) is 5.92. The van der Waals surface area contributed by atoms with Crippen LogP contribution in [0.3, 0.4) is 0 Å². The number of aldehydes is 1. The maximum Gasteiger partial charge on any atom is 0.150 e. The summed E-state index contributed by atoms with van der Waals surface area (Å²) >= 11 is 0. The van der Waals surface area contributed by atoms with Gasteiger partial charge >= 0.3 is 0 Å². The van der Waals surface area contributed by atoms with Gasteiger partial charge in [0.1, 0.15) is 23.6 Å². The van der Waals surface area contributed by atoms with Crippen LogP contribution in [0.25, 0.3) is 23.5 Å². The van der Waals surface area contributed by atoms with Crippen LogP contribution in [0.15, 0.2) is 41.3 Å². The minimum atomic E-state index is -0.485. The predicted octanol–water partition coefficient (Wildman–Crippen LogP) is 4.57. The van der Waals surface area contributed by atoms with E-state index in [0.717, 1.165) is 5.56 Å². The van der Waals surface area contributed by atoms with Gasteiger partial charge in [0, 0.05) is 11.1 Å². The van der Waals surface area contributed by atoms with E-state index in [1.54, 1.807) is 18.2 Å². The summed E-state index contributed by atoms with van der Waals surface area (Å²) in [5, 5.41) is 0. The van der Waals surface area contributed by atoms with Gasteiger partial charge in [0.15, 0.2) is 0 Å². The summed E-state index contributed by atoms with van der Waals surface area (Å²) in [6.45, 7) is 5.55. The van der Waals surface area contributed by atoms with Crippen LogP contribution in [-0.4, -0.2) is 6.29 Å². The van der Waals surface area contributed by atoms with Crippen LogP contribution >= 0.6 is 0 Å². The predicted molar refractivity (Wildman–Crippen MR) is 74.3 cm³/mol. The van der Waals surface area contributed by atoms with Crippen LogP contribution in [0.4, 0.5) is 4.39 Å². The molecule has 0 saturated carbocycles. The van der Waals surface area contributed by atoms with Gasteiger partial charge in [0.05, 0.1) is 5.56 Å². The second-order valence-corrected chi connectivity index (χ2v) is 3.99. The Morgan fingerprint density at radius 2 is 2.11 bits per heavy atom. The maximum atomic E-state index is 13.9. The minimum absolute atomic E-state index is 0.297. The molecule has 0 aliphatic heterocycles. The lowest BCUT2D eigenvalue weighted by molar-refractivity contribution is 0.112. The van der Waals surface area contributed by atoms with E-state index in [-0.39, 0.29) is 0 Å². The first kappa shape index (κ1) is 13.0. The lowest BCUT2D eigenvalue weighted by Gasteiger charge is -1.99. The Morgan fingerprint density at radius 1 is 1.32 bits per heavy atom. The molecule has 0 fully saturated rings. The Labute approximate surface area is 110 Å². The summed E-state index contributed by atoms with van der Waals surface area (Å²) in [4.78, 5) is 10.6. The number of benzene rings is 1. The largest absolute Gasteiger partial charge is 0.456 e. The van der Waals surface area contributed by atoms with Crippen LogP contribution in [0.2, 0.25) is 0 Å². The van der Waals surface area contributed by atoms with E-state index in [9.17, 15) is 9.18 Å². The zero-order chi connectivity index (χ0) is 13.8. The highest BCUT2D eigenvalue weighted by Crippen LogP contribution is 2.29. The molecule has 2 nitrogen and oxygen atoms in total. The van der Waals surface area contributed by atoms with Crippen molar-refractivity contribution in [3.05, 3.63) is 59.6 Å². The van der Waals surface area contributed by atoms with Gasteiger partial charge < -0.3 is 4.42 Å². The number of carbonyl (C=O) groups excluding carboxylic acids is 1. The Balaban J connectivity index is 2.52. The van der Waals surface area contributed by atoms with Crippen LogP contribution in [0.1, 0.15) is 28.6 Å². The van der Waals surface area contributed by atoms with Crippen molar-refractivity contribution in [1.29, 1.82) is 0 Å². The van der Waals surface area contributed by atoms with Crippen LogP contribution in [0, 0.1) is 5.82 Å². The number of furan rings is 1. The molecule has 1 aromatic heterocycles. The Hall–Kier alpha value is -2.42. The van der Waals surface area contributed by atoms with Crippen molar-refractivity contribution in [2.45, 2.75) is 6.92 Å². The number of hydrogen-bond acceptors (Lipinski definition) is 2. The molecule has 0 aliphatic rings. The first-order valence-electron chi connectivity index (χ1n) is 5.83. The number of hydrogen-bond donors (Lipinski definition) is 0. The number of rotatable bonds is 4. The average Bonchev–Trinajstić information content (AvgIpc) is 2.82. The molecule has 0 aliphatic carbocycles. The Kier molecular flexibility index (Phi) is 3.76. The molecular weight excluding hydrogens is 243 g/mol. The van der Waals surface area contributed by atoms with Gasteiger partial charge in [-0.25, -0.2) is 4.39 Å². The zero-order valence-corrected chi connectivity index (χ0v) is 10.5. The van der Waals surface area contributed by atoms with Crippen molar-refractivity contribution >= 4 is 18.4 Å². The van der Waals surface area contributed by atoms with Crippen molar-refractivity contribution < 1.29 is 13.6 Å². The van der Waals surface area contributed by atoms with Crippen molar-refractivity contribution in [3.63, 3.8) is 0 Å². The molecule has 1 heterocycles. The second-order valence-electron chi connectivity index (χ2n) is 3.99. The fourth-order valence-corrected chi connectivity index (χ4v) is 1.83. The molecule has 2 aromatic rings. The molecule has 0 spiro atoms. The Bertz CT molecular complexity index is 651. The second kappa shape index (κ2) is 5.48. The SMILES string of the molecule is C=Cc1oc(-c2ccc(C=O)cc2F)cc1/C=C\C. The van der Waals surface area contributed by atoms with Crippen LogP contribution in [-0.2, 0) is 0 Å². The quantitative estimate of drug-likeness (QED) is 0.750. The molecule has 0 atom stereocenters. The summed E-state index contributed by atoms with van der Waals surface area (Å²) in [6, 6.07) is 6.02. The normalized spacial score (nSPS) is 10.8. The summed E-state index contributed by atoms with van der Waals surface area (Å²) in [7, 11) is 0. The fourth-order valence-electron chi connectivity index (χ4n) is 1.83. The van der Waals surface area contributed by atoms with Gasteiger partial charge in [-0.3, -0.25) is 4.79 Å². The Morgan fingerprint density at radius 3 is 2.68 bits per heavy atom. The molecule has 1 aromatic carbocycles. The van der Waals surface area contributed by atoms with E-state index in [4.69, 9.17) is 4.42 Å². The summed E-state index contributed by atoms with van der Waals surface area (Å²) in [5.41, 5.74) is 1.46. The molecule has 0 radical (unpaired) electrons. The molecule has 96 valence electrons. The van der Waals surface area contributed by atoms with Gasteiger partial charge in [0.25, 0.3) is 0 Å². The monoisotopic (exact) mass is 256 g/mol. The lowest BCUT2D eigenvalue weighted by Crippen LogP contribution is -1.86. The highest BCUT2D eigenvalue weighted by molar-refractivity contribution is 5.77. The van der Waals surface area contributed by atoms with Gasteiger partial charge in [-0.05, 0) is 31.2 Å². The highest BCUT2D eigenvalue weighted by Gasteiger charge is 2.12. The third-order valence-electron chi connectivity index (χ3n) is 2.72. The standard InChI is InChI=1S/C16H13FO2/c1-3-5-12-9-16(19-15(12)4-2)13-7-6-11(10-18)8-14(13)17/h3-10H,2H2,1H3/b5-3-. The molecule has 2 rings (SSSR count). The molecular formula is C16H13FO2. The minimum Gasteiger partial charge on any atom is -0.456 e. The van der Waals surface area contributed by atoms with E-state index in [0.29, 0.717) is 28.9 Å². The lowest BCUT2D eigenvalue weighted by atomic mass is 10.1. The molecule has 19 heavy (non-hydrogen) atoms. The average molecular weight is 256 g/mol. The molecule has 0 saturated heterocycles. The van der Waals surface area contributed by atoms with Gasteiger partial charge in [0.2, 0.25) is 0 Å². The fraction of sp³-hybridized carbons (Fsp3) is 0.0625. The third kappa shape index (κ3) is 2.55. The van der Waals surface area contributed by atoms with E-state index >= 15 is 0 Å². The van der Waals surface area contributed by atoms with E-state index in [2.05, 4.69) is 6.58 Å².